The van der Waals surface area contributed by atoms with Crippen LogP contribution in [0.15, 0.2) is 0 Å². The Kier molecular flexibility index (Phi) is 1.08. The molecule has 0 heterocycles. The minimum Gasteiger partial charge on any atom is -0.396 e. The van der Waals surface area contributed by atoms with E-state index in [1.807, 2.05) is 0 Å². The molecule has 2 heteroatoms. The normalized spacial score (nSPS) is 55.3. The number of rotatable bonds is 1. The minimum absolute atomic E-state index is 0.356. The van der Waals surface area contributed by atoms with Gasteiger partial charge in [-0.1, -0.05) is 0 Å². The van der Waals surface area contributed by atoms with Gasteiger partial charge in [0.25, 0.3) is 0 Å². The summed E-state index contributed by atoms with van der Waals surface area (Å²) < 4.78 is 0. The molecular weight excluding hydrogens is 114 g/mol. The molecular formula is C7H13NO. The first-order valence-electron chi connectivity index (χ1n) is 3.69. The summed E-state index contributed by atoms with van der Waals surface area (Å²) in [5, 5.41) is 8.83. The first kappa shape index (κ1) is 5.69. The molecule has 3 N–H and O–H groups in total. The van der Waals surface area contributed by atoms with Crippen LogP contribution in [0.4, 0.5) is 0 Å². The highest BCUT2D eigenvalue weighted by Crippen LogP contribution is 2.54. The van der Waals surface area contributed by atoms with Gasteiger partial charge in [0, 0.05) is 12.6 Å². The average molecular weight is 127 g/mol. The molecule has 0 unspecified atom stereocenters. The van der Waals surface area contributed by atoms with Crippen LogP contribution in [-0.2, 0) is 0 Å². The van der Waals surface area contributed by atoms with Gasteiger partial charge in [-0.05, 0) is 30.6 Å². The Morgan fingerprint density at radius 2 is 2.11 bits per heavy atom. The monoisotopic (exact) mass is 127 g/mol. The zero-order valence-corrected chi connectivity index (χ0v) is 5.46. The molecule has 2 fully saturated rings. The summed E-state index contributed by atoms with van der Waals surface area (Å²) in [6, 6.07) is 0.409. The Morgan fingerprint density at radius 3 is 2.33 bits per heavy atom. The van der Waals surface area contributed by atoms with Gasteiger partial charge in [0.15, 0.2) is 0 Å². The number of fused-ring (bicyclic) bond motifs is 1. The fraction of sp³-hybridized carbons (Fsp3) is 1.00. The van der Waals surface area contributed by atoms with Crippen molar-refractivity contribution in [2.24, 2.45) is 23.5 Å². The molecule has 0 amide bonds. The second-order valence-electron chi connectivity index (χ2n) is 3.41. The molecule has 0 spiro atoms. The Balaban J connectivity index is 2.00. The lowest BCUT2D eigenvalue weighted by Crippen LogP contribution is -2.20. The van der Waals surface area contributed by atoms with Gasteiger partial charge in [0.2, 0.25) is 0 Å². The van der Waals surface area contributed by atoms with E-state index < -0.39 is 0 Å². The molecule has 2 nitrogen and oxygen atoms in total. The van der Waals surface area contributed by atoms with Crippen LogP contribution in [0.25, 0.3) is 0 Å². The zero-order chi connectivity index (χ0) is 6.43. The summed E-state index contributed by atoms with van der Waals surface area (Å²) in [6.07, 6.45) is 2.35. The van der Waals surface area contributed by atoms with Gasteiger partial charge in [-0.2, -0.15) is 0 Å². The molecule has 4 atom stereocenters. The number of aliphatic hydroxyl groups excluding tert-OH is 1. The van der Waals surface area contributed by atoms with E-state index in [4.69, 9.17) is 10.8 Å². The largest absolute Gasteiger partial charge is 0.396 e. The molecule has 0 aromatic carbocycles. The summed E-state index contributed by atoms with van der Waals surface area (Å²) in [6.45, 7) is 0.356. The molecule has 0 aromatic heterocycles. The Bertz CT molecular complexity index is 126. The van der Waals surface area contributed by atoms with Crippen molar-refractivity contribution in [3.05, 3.63) is 0 Å². The summed E-state index contributed by atoms with van der Waals surface area (Å²) >= 11 is 0. The summed E-state index contributed by atoms with van der Waals surface area (Å²) in [5.74, 6) is 2.12. The summed E-state index contributed by atoms with van der Waals surface area (Å²) in [5.41, 5.74) is 5.77. The first-order chi connectivity index (χ1) is 4.33. The Morgan fingerprint density at radius 1 is 1.33 bits per heavy atom. The quantitative estimate of drug-likeness (QED) is 0.519. The summed E-state index contributed by atoms with van der Waals surface area (Å²) in [7, 11) is 0. The SMILES string of the molecule is N[C@@H]1C[C@H](CO)[C@H]2C[C@H]21. The van der Waals surface area contributed by atoms with Crippen molar-refractivity contribution in [1.82, 2.24) is 0 Å². The van der Waals surface area contributed by atoms with E-state index in [0.29, 0.717) is 18.6 Å². The van der Waals surface area contributed by atoms with Crippen LogP contribution < -0.4 is 5.73 Å². The smallest absolute Gasteiger partial charge is 0.0462 e. The Labute approximate surface area is 55.1 Å². The topological polar surface area (TPSA) is 46.2 Å². The van der Waals surface area contributed by atoms with Crippen LogP contribution in [0.2, 0.25) is 0 Å². The molecule has 2 aliphatic carbocycles. The fourth-order valence-corrected chi connectivity index (χ4v) is 2.18. The number of hydrogen-bond acceptors (Lipinski definition) is 2. The maximum Gasteiger partial charge on any atom is 0.0462 e. The second kappa shape index (κ2) is 1.70. The van der Waals surface area contributed by atoms with E-state index in [2.05, 4.69) is 0 Å². The van der Waals surface area contributed by atoms with Crippen LogP contribution in [-0.4, -0.2) is 17.8 Å². The van der Waals surface area contributed by atoms with Gasteiger partial charge in [-0.15, -0.1) is 0 Å². The van der Waals surface area contributed by atoms with Crippen LogP contribution >= 0.6 is 0 Å². The van der Waals surface area contributed by atoms with Crippen molar-refractivity contribution < 1.29 is 5.11 Å². The van der Waals surface area contributed by atoms with E-state index in [9.17, 15) is 0 Å². The van der Waals surface area contributed by atoms with Crippen molar-refractivity contribution in [1.29, 1.82) is 0 Å². The molecule has 0 bridgehead atoms. The van der Waals surface area contributed by atoms with Crippen LogP contribution in [0.5, 0.6) is 0 Å². The van der Waals surface area contributed by atoms with Crippen molar-refractivity contribution in [3.63, 3.8) is 0 Å². The van der Waals surface area contributed by atoms with Crippen LogP contribution in [0, 0.1) is 17.8 Å². The van der Waals surface area contributed by atoms with Crippen molar-refractivity contribution >= 4 is 0 Å². The van der Waals surface area contributed by atoms with Gasteiger partial charge in [-0.25, -0.2) is 0 Å². The average Bonchev–Trinajstić information content (AvgIpc) is 2.56. The van der Waals surface area contributed by atoms with Gasteiger partial charge >= 0.3 is 0 Å². The maximum atomic E-state index is 8.83. The molecule has 2 rings (SSSR count). The third-order valence-corrected chi connectivity index (χ3v) is 2.86. The van der Waals surface area contributed by atoms with E-state index in [-0.39, 0.29) is 0 Å². The molecule has 0 saturated heterocycles. The third-order valence-electron chi connectivity index (χ3n) is 2.86. The number of hydrogen-bond donors (Lipinski definition) is 2. The van der Waals surface area contributed by atoms with Gasteiger partial charge in [0.05, 0.1) is 0 Å². The van der Waals surface area contributed by atoms with E-state index >= 15 is 0 Å². The van der Waals surface area contributed by atoms with Gasteiger partial charge in [0.1, 0.15) is 0 Å². The molecule has 52 valence electrons. The zero-order valence-electron chi connectivity index (χ0n) is 5.46. The Hall–Kier alpha value is -0.0800. The fourth-order valence-electron chi connectivity index (χ4n) is 2.18. The first-order valence-corrected chi connectivity index (χ1v) is 3.69. The molecule has 2 aliphatic rings. The molecule has 0 aliphatic heterocycles. The minimum atomic E-state index is 0.356. The van der Waals surface area contributed by atoms with Gasteiger partial charge in [-0.3, -0.25) is 0 Å². The standard InChI is InChI=1S/C7H13NO/c8-7-1-4(3-9)5-2-6(5)7/h4-7,9H,1-3,8H2/t4-,5-,6-,7-/m1/s1. The predicted octanol–water partition coefficient (Wildman–Crippen LogP) is -0.0380. The lowest BCUT2D eigenvalue weighted by atomic mass is 10.0. The summed E-state index contributed by atoms with van der Waals surface area (Å²) in [4.78, 5) is 0. The van der Waals surface area contributed by atoms with Crippen molar-refractivity contribution in [3.8, 4) is 0 Å². The van der Waals surface area contributed by atoms with E-state index in [1.165, 1.54) is 6.42 Å². The molecule has 0 aromatic rings. The number of aliphatic hydroxyl groups is 1. The third kappa shape index (κ3) is 0.700. The lowest BCUT2D eigenvalue weighted by molar-refractivity contribution is 0.213. The van der Waals surface area contributed by atoms with E-state index in [1.54, 1.807) is 0 Å². The van der Waals surface area contributed by atoms with Crippen LogP contribution in [0.1, 0.15) is 12.8 Å². The van der Waals surface area contributed by atoms with E-state index in [0.717, 1.165) is 18.3 Å². The van der Waals surface area contributed by atoms with Gasteiger partial charge < -0.3 is 10.8 Å². The highest BCUT2D eigenvalue weighted by atomic mass is 16.3. The predicted molar refractivity (Wildman–Crippen MR) is 34.8 cm³/mol. The van der Waals surface area contributed by atoms with Crippen molar-refractivity contribution in [2.45, 2.75) is 18.9 Å². The second-order valence-corrected chi connectivity index (χ2v) is 3.41. The molecule has 9 heavy (non-hydrogen) atoms. The van der Waals surface area contributed by atoms with Crippen LogP contribution in [0.3, 0.4) is 0 Å². The lowest BCUT2D eigenvalue weighted by Gasteiger charge is -2.08. The maximum absolute atomic E-state index is 8.83. The van der Waals surface area contributed by atoms with Crippen molar-refractivity contribution in [2.75, 3.05) is 6.61 Å². The number of nitrogens with two attached hydrogens (primary N) is 1. The highest BCUT2D eigenvalue weighted by molar-refractivity contribution is 5.04. The highest BCUT2D eigenvalue weighted by Gasteiger charge is 2.52. The molecule has 2 saturated carbocycles. The molecule has 0 radical (unpaired) electrons.